The van der Waals surface area contributed by atoms with Gasteiger partial charge in [0.1, 0.15) is 0 Å². The lowest BCUT2D eigenvalue weighted by molar-refractivity contribution is -0.132. The Bertz CT molecular complexity index is 692. The van der Waals surface area contributed by atoms with Crippen LogP contribution < -0.4 is 0 Å². The van der Waals surface area contributed by atoms with Gasteiger partial charge >= 0.3 is 0 Å². The number of hydrogen-bond donors (Lipinski definition) is 0. The second-order valence-electron chi connectivity index (χ2n) is 7.30. The molecule has 0 N–H and O–H groups in total. The molecule has 0 spiro atoms. The van der Waals surface area contributed by atoms with E-state index in [0.717, 1.165) is 32.6 Å². The van der Waals surface area contributed by atoms with Crippen LogP contribution in [0.2, 0.25) is 0 Å². The molecule has 0 aliphatic carbocycles. The number of aryl methyl sites for hydroxylation is 1. The predicted molar refractivity (Wildman–Crippen MR) is 117 cm³/mol. The van der Waals surface area contributed by atoms with Crippen LogP contribution in [-0.4, -0.2) is 30.0 Å². The summed E-state index contributed by atoms with van der Waals surface area (Å²) in [6.45, 7) is 2.45. The number of unbranched alkanes of at least 4 members (excludes halogenated alkanes) is 3. The van der Waals surface area contributed by atoms with Gasteiger partial charge in [-0.2, -0.15) is 0 Å². The van der Waals surface area contributed by atoms with Gasteiger partial charge in [0.05, 0.1) is 5.25 Å². The van der Waals surface area contributed by atoms with Crippen molar-refractivity contribution in [2.45, 2.75) is 50.2 Å². The molecule has 1 heterocycles. The Morgan fingerprint density at radius 2 is 1.61 bits per heavy atom. The predicted octanol–water partition coefficient (Wildman–Crippen LogP) is 5.82. The van der Waals surface area contributed by atoms with Crippen molar-refractivity contribution in [3.8, 4) is 0 Å². The number of β-lactam (4-membered cyclic amide) rings is 1. The van der Waals surface area contributed by atoms with E-state index in [1.165, 1.54) is 36.8 Å². The lowest BCUT2D eigenvalue weighted by Gasteiger charge is -2.32. The molecule has 3 rings (SSSR count). The second kappa shape index (κ2) is 11.9. The van der Waals surface area contributed by atoms with Crippen LogP contribution in [0.1, 0.15) is 54.9 Å². The molecule has 1 aliphatic rings. The van der Waals surface area contributed by atoms with Gasteiger partial charge in [-0.25, -0.2) is 0 Å². The summed E-state index contributed by atoms with van der Waals surface area (Å²) in [6.07, 6.45) is 7.67. The van der Waals surface area contributed by atoms with Crippen LogP contribution in [0.4, 0.5) is 0 Å². The quantitative estimate of drug-likeness (QED) is 0.242. The third-order valence-electron chi connectivity index (χ3n) is 5.10. The molecule has 28 heavy (non-hydrogen) atoms. The van der Waals surface area contributed by atoms with Crippen LogP contribution in [0, 0.1) is 0 Å². The number of benzene rings is 2. The number of carbonyl (C=O) groups excluding carboxylic acids is 1. The molecule has 0 bridgehead atoms. The molecule has 1 aliphatic heterocycles. The van der Waals surface area contributed by atoms with Crippen LogP contribution in [0.5, 0.6) is 0 Å². The van der Waals surface area contributed by atoms with E-state index in [1.54, 1.807) is 11.9 Å². The Hall–Kier alpha value is -1.78. The van der Waals surface area contributed by atoms with Crippen molar-refractivity contribution in [3.63, 3.8) is 0 Å². The SMILES string of the molecule is O=C1CCN1SC(CCOCCCCCCc1ccccc1)c1ccccc1. The van der Waals surface area contributed by atoms with Gasteiger partial charge in [0, 0.05) is 26.2 Å². The van der Waals surface area contributed by atoms with Crippen molar-refractivity contribution in [1.29, 1.82) is 0 Å². The molecule has 2 aromatic rings. The summed E-state index contributed by atoms with van der Waals surface area (Å²) in [5.41, 5.74) is 2.71. The highest BCUT2D eigenvalue weighted by atomic mass is 32.2. The van der Waals surface area contributed by atoms with Crippen molar-refractivity contribution in [1.82, 2.24) is 4.31 Å². The van der Waals surface area contributed by atoms with E-state index in [1.807, 2.05) is 10.4 Å². The number of nitrogens with zero attached hydrogens (tertiary/aromatic N) is 1. The normalized spacial score (nSPS) is 14.7. The average Bonchev–Trinajstić information content (AvgIpc) is 2.74. The number of amides is 1. The topological polar surface area (TPSA) is 29.5 Å². The van der Waals surface area contributed by atoms with Gasteiger partial charge in [0.25, 0.3) is 0 Å². The number of carbonyl (C=O) groups is 1. The molecule has 1 atom stereocenters. The minimum atomic E-state index is 0.252. The van der Waals surface area contributed by atoms with E-state index < -0.39 is 0 Å². The van der Waals surface area contributed by atoms with Crippen molar-refractivity contribution < 1.29 is 9.53 Å². The molecule has 1 unspecified atom stereocenters. The minimum Gasteiger partial charge on any atom is -0.381 e. The van der Waals surface area contributed by atoms with Gasteiger partial charge in [-0.1, -0.05) is 73.5 Å². The average molecular weight is 398 g/mol. The first-order valence-corrected chi connectivity index (χ1v) is 11.3. The van der Waals surface area contributed by atoms with E-state index in [9.17, 15) is 4.79 Å². The second-order valence-corrected chi connectivity index (χ2v) is 8.52. The summed E-state index contributed by atoms with van der Waals surface area (Å²) in [5, 5.41) is 0.288. The minimum absolute atomic E-state index is 0.252. The Kier molecular flexibility index (Phi) is 8.92. The maximum atomic E-state index is 11.7. The zero-order chi connectivity index (χ0) is 19.4. The van der Waals surface area contributed by atoms with Crippen molar-refractivity contribution >= 4 is 17.9 Å². The van der Waals surface area contributed by atoms with E-state index in [-0.39, 0.29) is 11.2 Å². The zero-order valence-corrected chi connectivity index (χ0v) is 17.4. The molecule has 0 aromatic heterocycles. The van der Waals surface area contributed by atoms with Gasteiger partial charge in [-0.15, -0.1) is 0 Å². The Morgan fingerprint density at radius 1 is 0.893 bits per heavy atom. The van der Waals surface area contributed by atoms with E-state index in [4.69, 9.17) is 4.74 Å². The van der Waals surface area contributed by atoms with Gasteiger partial charge in [0.2, 0.25) is 5.91 Å². The smallest absolute Gasteiger partial charge is 0.234 e. The molecule has 3 nitrogen and oxygen atoms in total. The molecule has 0 radical (unpaired) electrons. The molecular formula is C24H31NO2S. The maximum Gasteiger partial charge on any atom is 0.234 e. The fraction of sp³-hybridized carbons (Fsp3) is 0.458. The molecule has 0 saturated carbocycles. The van der Waals surface area contributed by atoms with Gasteiger partial charge < -0.3 is 4.74 Å². The third kappa shape index (κ3) is 6.99. The van der Waals surface area contributed by atoms with E-state index >= 15 is 0 Å². The summed E-state index contributed by atoms with van der Waals surface area (Å²) in [5.74, 6) is 0.252. The summed E-state index contributed by atoms with van der Waals surface area (Å²) in [6, 6.07) is 21.2. The number of hydrogen-bond acceptors (Lipinski definition) is 3. The van der Waals surface area contributed by atoms with Crippen LogP contribution in [-0.2, 0) is 16.0 Å². The monoisotopic (exact) mass is 397 g/mol. The summed E-state index contributed by atoms with van der Waals surface area (Å²) >= 11 is 1.67. The molecular weight excluding hydrogens is 366 g/mol. The van der Waals surface area contributed by atoms with Gasteiger partial charge in [0.15, 0.2) is 0 Å². The number of rotatable bonds is 13. The first-order chi connectivity index (χ1) is 13.8. The molecule has 2 aromatic carbocycles. The van der Waals surface area contributed by atoms with E-state index in [0.29, 0.717) is 6.42 Å². The zero-order valence-electron chi connectivity index (χ0n) is 16.6. The first-order valence-electron chi connectivity index (χ1n) is 10.5. The summed E-state index contributed by atoms with van der Waals surface area (Å²) in [4.78, 5) is 11.7. The Labute approximate surface area is 173 Å². The third-order valence-corrected chi connectivity index (χ3v) is 6.51. The standard InChI is InChI=1S/C24H31NO2S/c26-24-16-18-25(24)28-23(22-14-8-4-9-15-22)17-20-27-19-10-2-1-5-11-21-12-6-3-7-13-21/h3-4,6-9,12-15,23H,1-2,5,10-11,16-20H2. The highest BCUT2D eigenvalue weighted by Gasteiger charge is 2.28. The van der Waals surface area contributed by atoms with Crippen molar-refractivity contribution in [2.24, 2.45) is 0 Å². The fourth-order valence-corrected chi connectivity index (χ4v) is 4.52. The Balaban J connectivity index is 1.27. The summed E-state index contributed by atoms with van der Waals surface area (Å²) in [7, 11) is 0. The molecule has 1 fully saturated rings. The lowest BCUT2D eigenvalue weighted by Crippen LogP contribution is -2.38. The fourth-order valence-electron chi connectivity index (χ4n) is 3.33. The lowest BCUT2D eigenvalue weighted by atomic mass is 10.1. The molecule has 4 heteroatoms. The summed E-state index contributed by atoms with van der Waals surface area (Å²) < 4.78 is 7.79. The van der Waals surface area contributed by atoms with Crippen LogP contribution in [0.3, 0.4) is 0 Å². The highest BCUT2D eigenvalue weighted by molar-refractivity contribution is 7.97. The largest absolute Gasteiger partial charge is 0.381 e. The van der Waals surface area contributed by atoms with Crippen LogP contribution >= 0.6 is 11.9 Å². The molecule has 1 amide bonds. The van der Waals surface area contributed by atoms with Crippen molar-refractivity contribution in [3.05, 3.63) is 71.8 Å². The molecule has 1 saturated heterocycles. The van der Waals surface area contributed by atoms with E-state index in [2.05, 4.69) is 54.6 Å². The van der Waals surface area contributed by atoms with Gasteiger partial charge in [-0.3, -0.25) is 9.10 Å². The Morgan fingerprint density at radius 3 is 2.29 bits per heavy atom. The highest BCUT2D eigenvalue weighted by Crippen LogP contribution is 2.37. The number of ether oxygens (including phenoxy) is 1. The van der Waals surface area contributed by atoms with Crippen LogP contribution in [0.25, 0.3) is 0 Å². The maximum absolute atomic E-state index is 11.7. The van der Waals surface area contributed by atoms with Crippen LogP contribution in [0.15, 0.2) is 60.7 Å². The van der Waals surface area contributed by atoms with Gasteiger partial charge in [-0.05, 0) is 48.8 Å². The van der Waals surface area contributed by atoms with Crippen molar-refractivity contribution in [2.75, 3.05) is 19.8 Å². The molecule has 150 valence electrons. The first kappa shape index (κ1) is 20.9.